The van der Waals surface area contributed by atoms with Gasteiger partial charge >= 0.3 is 5.97 Å². The van der Waals surface area contributed by atoms with Crippen LogP contribution in [0.1, 0.15) is 48.1 Å². The summed E-state index contributed by atoms with van der Waals surface area (Å²) in [4.78, 5) is 35.5. The summed E-state index contributed by atoms with van der Waals surface area (Å²) >= 11 is 7.54. The Hall–Kier alpha value is -3.94. The molecule has 3 heterocycles. The highest BCUT2D eigenvalue weighted by atomic mass is 35.5. The van der Waals surface area contributed by atoms with Gasteiger partial charge in [-0.1, -0.05) is 71.5 Å². The highest BCUT2D eigenvalue weighted by Crippen LogP contribution is 2.35. The van der Waals surface area contributed by atoms with Crippen LogP contribution >= 0.6 is 22.9 Å². The minimum absolute atomic E-state index is 0.203. The first-order valence-corrected chi connectivity index (χ1v) is 15.0. The average Bonchev–Trinajstić information content (AvgIpc) is 3.62. The van der Waals surface area contributed by atoms with E-state index in [1.807, 2.05) is 48.5 Å². The van der Waals surface area contributed by atoms with Crippen molar-refractivity contribution in [3.05, 3.63) is 125 Å². The molecule has 208 valence electrons. The van der Waals surface area contributed by atoms with Gasteiger partial charge in [-0.2, -0.15) is 0 Å². The summed E-state index contributed by atoms with van der Waals surface area (Å²) in [5.74, 6) is -0.502. The minimum atomic E-state index is -0.723. The molecule has 0 saturated carbocycles. The summed E-state index contributed by atoms with van der Waals surface area (Å²) in [6, 6.07) is 22.4. The molecule has 1 aromatic heterocycles. The van der Waals surface area contributed by atoms with Crippen LogP contribution in [0.4, 0.5) is 5.69 Å². The van der Waals surface area contributed by atoms with Crippen molar-refractivity contribution in [2.45, 2.75) is 32.7 Å². The molecule has 6 rings (SSSR count). The monoisotopic (exact) mass is 583 g/mol. The summed E-state index contributed by atoms with van der Waals surface area (Å²) in [6.45, 7) is 6.25. The maximum Gasteiger partial charge on any atom is 0.338 e. The molecule has 1 fully saturated rings. The van der Waals surface area contributed by atoms with Gasteiger partial charge in [0.1, 0.15) is 0 Å². The lowest BCUT2D eigenvalue weighted by Crippen LogP contribution is -2.40. The van der Waals surface area contributed by atoms with E-state index in [4.69, 9.17) is 21.3 Å². The zero-order valence-electron chi connectivity index (χ0n) is 23.0. The Bertz CT molecular complexity index is 1820. The third-order valence-electron chi connectivity index (χ3n) is 7.52. The lowest BCUT2D eigenvalue weighted by molar-refractivity contribution is -0.138. The zero-order valence-corrected chi connectivity index (χ0v) is 24.5. The number of aryl methyl sites for hydroxylation is 1. The Morgan fingerprint density at radius 1 is 1.07 bits per heavy atom. The van der Waals surface area contributed by atoms with E-state index in [0.29, 0.717) is 25.6 Å². The van der Waals surface area contributed by atoms with Gasteiger partial charge < -0.3 is 9.64 Å². The number of nitrogens with zero attached hydrogens (tertiary/aromatic N) is 3. The van der Waals surface area contributed by atoms with Gasteiger partial charge in [0.05, 0.1) is 28.5 Å². The molecule has 6 nitrogen and oxygen atoms in total. The largest absolute Gasteiger partial charge is 0.463 e. The number of anilines is 1. The Kier molecular flexibility index (Phi) is 7.65. The quantitative estimate of drug-likeness (QED) is 0.281. The fraction of sp³-hybridized carbons (Fsp3) is 0.242. The molecule has 0 radical (unpaired) electrons. The number of halogens is 1. The fourth-order valence-corrected chi connectivity index (χ4v) is 6.76. The number of hydrogen-bond acceptors (Lipinski definition) is 6. The van der Waals surface area contributed by atoms with E-state index in [-0.39, 0.29) is 12.2 Å². The molecule has 2 aliphatic heterocycles. The first-order chi connectivity index (χ1) is 19.9. The summed E-state index contributed by atoms with van der Waals surface area (Å²) in [7, 11) is 0. The minimum Gasteiger partial charge on any atom is -0.463 e. The molecular formula is C33H30ClN3O3S. The average molecular weight is 584 g/mol. The number of thiazole rings is 1. The molecule has 0 N–H and O–H groups in total. The number of aromatic nitrogens is 1. The highest BCUT2D eigenvalue weighted by Gasteiger charge is 2.35. The number of fused-ring (bicyclic) bond motifs is 1. The van der Waals surface area contributed by atoms with Gasteiger partial charge in [0.15, 0.2) is 4.80 Å². The summed E-state index contributed by atoms with van der Waals surface area (Å²) in [5, 5.41) is 0.568. The van der Waals surface area contributed by atoms with Crippen molar-refractivity contribution in [1.29, 1.82) is 0 Å². The first kappa shape index (κ1) is 27.2. The molecule has 3 aromatic carbocycles. The Balaban J connectivity index is 1.55. The smallest absolute Gasteiger partial charge is 0.338 e. The maximum absolute atomic E-state index is 14.1. The van der Waals surface area contributed by atoms with Gasteiger partial charge in [0, 0.05) is 29.4 Å². The molecule has 4 aromatic rings. The third kappa shape index (κ3) is 5.27. The van der Waals surface area contributed by atoms with Gasteiger partial charge in [0.2, 0.25) is 0 Å². The molecule has 1 atom stereocenters. The van der Waals surface area contributed by atoms with Crippen molar-refractivity contribution >= 4 is 46.4 Å². The lowest BCUT2D eigenvalue weighted by atomic mass is 9.93. The van der Waals surface area contributed by atoms with E-state index in [1.165, 1.54) is 35.4 Å². The predicted molar refractivity (Wildman–Crippen MR) is 165 cm³/mol. The first-order valence-electron chi connectivity index (χ1n) is 13.8. The standard InChI is InChI=1S/C33H30ClN3O3S/c1-3-40-32(39)28-29(23-9-5-4-6-10-23)35-33-37(30(28)24-12-14-25(34)15-13-24)31(38)27(41-33)20-22-11-16-26(21(2)19-22)36-17-7-8-18-36/h4-6,9-16,19-20,30H,3,7-8,17-18H2,1-2H3/b27-20+. The SMILES string of the molecule is CCOC(=O)C1=C(c2ccccc2)N=c2s/c(=C/c3ccc(N4CCCC4)c(C)c3)c(=O)n2C1c1ccc(Cl)cc1. The number of benzene rings is 3. The number of esters is 1. The van der Waals surface area contributed by atoms with Crippen LogP contribution in [0.25, 0.3) is 11.8 Å². The number of hydrogen-bond donors (Lipinski definition) is 0. The van der Waals surface area contributed by atoms with Crippen LogP contribution < -0.4 is 19.8 Å². The van der Waals surface area contributed by atoms with E-state index in [2.05, 4.69) is 30.0 Å². The number of rotatable bonds is 6. The van der Waals surface area contributed by atoms with Crippen molar-refractivity contribution < 1.29 is 9.53 Å². The molecule has 8 heteroatoms. The van der Waals surface area contributed by atoms with Crippen molar-refractivity contribution in [2.24, 2.45) is 4.99 Å². The second-order valence-electron chi connectivity index (χ2n) is 10.2. The molecule has 2 aliphatic rings. The van der Waals surface area contributed by atoms with Gasteiger partial charge in [-0.15, -0.1) is 0 Å². The Labute approximate surface area is 247 Å². The fourth-order valence-electron chi connectivity index (χ4n) is 5.63. The summed E-state index contributed by atoms with van der Waals surface area (Å²) in [6.07, 6.45) is 4.35. The van der Waals surface area contributed by atoms with Crippen molar-refractivity contribution in [2.75, 3.05) is 24.6 Å². The van der Waals surface area contributed by atoms with Crippen LogP contribution in [0.3, 0.4) is 0 Å². The van der Waals surface area contributed by atoms with Crippen molar-refractivity contribution in [3.63, 3.8) is 0 Å². The normalized spacial score (nSPS) is 17.0. The van der Waals surface area contributed by atoms with Gasteiger partial charge in [0.25, 0.3) is 5.56 Å². The Morgan fingerprint density at radius 2 is 1.80 bits per heavy atom. The summed E-state index contributed by atoms with van der Waals surface area (Å²) in [5.41, 5.74) is 5.53. The van der Waals surface area contributed by atoms with E-state index in [9.17, 15) is 9.59 Å². The van der Waals surface area contributed by atoms with Crippen molar-refractivity contribution in [1.82, 2.24) is 4.57 Å². The molecule has 0 amide bonds. The van der Waals surface area contributed by atoms with Gasteiger partial charge in [-0.25, -0.2) is 9.79 Å². The number of carbonyl (C=O) groups excluding carboxylic acids is 1. The van der Waals surface area contributed by atoms with Crippen LogP contribution in [0.5, 0.6) is 0 Å². The van der Waals surface area contributed by atoms with Crippen LogP contribution in [0.2, 0.25) is 5.02 Å². The van der Waals surface area contributed by atoms with E-state index >= 15 is 0 Å². The van der Waals surface area contributed by atoms with E-state index in [0.717, 1.165) is 29.8 Å². The number of ether oxygens (including phenoxy) is 1. The van der Waals surface area contributed by atoms with Gasteiger partial charge in [-0.05, 0) is 73.7 Å². The van der Waals surface area contributed by atoms with E-state index in [1.54, 1.807) is 23.6 Å². The molecule has 41 heavy (non-hydrogen) atoms. The van der Waals surface area contributed by atoms with Gasteiger partial charge in [-0.3, -0.25) is 9.36 Å². The topological polar surface area (TPSA) is 63.9 Å². The zero-order chi connectivity index (χ0) is 28.5. The molecular weight excluding hydrogens is 554 g/mol. The van der Waals surface area contributed by atoms with Crippen LogP contribution in [-0.4, -0.2) is 30.2 Å². The lowest BCUT2D eigenvalue weighted by Gasteiger charge is -2.26. The second-order valence-corrected chi connectivity index (χ2v) is 11.7. The summed E-state index contributed by atoms with van der Waals surface area (Å²) < 4.78 is 7.69. The van der Waals surface area contributed by atoms with Crippen LogP contribution in [-0.2, 0) is 9.53 Å². The second kappa shape index (κ2) is 11.5. The highest BCUT2D eigenvalue weighted by molar-refractivity contribution is 7.07. The molecule has 0 bridgehead atoms. The van der Waals surface area contributed by atoms with E-state index < -0.39 is 12.0 Å². The number of carbonyl (C=O) groups is 1. The Morgan fingerprint density at radius 3 is 2.49 bits per heavy atom. The molecule has 1 unspecified atom stereocenters. The molecule has 1 saturated heterocycles. The van der Waals surface area contributed by atoms with Crippen LogP contribution in [0.15, 0.2) is 88.2 Å². The van der Waals surface area contributed by atoms with Crippen LogP contribution in [0, 0.1) is 6.92 Å². The predicted octanol–water partition coefficient (Wildman–Crippen LogP) is 5.50. The maximum atomic E-state index is 14.1. The molecule has 0 aliphatic carbocycles. The van der Waals surface area contributed by atoms with Crippen molar-refractivity contribution in [3.8, 4) is 0 Å². The third-order valence-corrected chi connectivity index (χ3v) is 8.76. The molecule has 0 spiro atoms.